The van der Waals surface area contributed by atoms with E-state index in [4.69, 9.17) is 5.73 Å². The van der Waals surface area contributed by atoms with Crippen LogP contribution in [0.5, 0.6) is 0 Å². The van der Waals surface area contributed by atoms with Crippen molar-refractivity contribution in [3.8, 4) is 0 Å². The van der Waals surface area contributed by atoms with Crippen LogP contribution in [0.4, 0.5) is 5.69 Å². The van der Waals surface area contributed by atoms with Gasteiger partial charge < -0.3 is 10.6 Å². The van der Waals surface area contributed by atoms with Crippen LogP contribution in [0, 0.1) is 0 Å². The van der Waals surface area contributed by atoms with Gasteiger partial charge in [0.2, 0.25) is 0 Å². The Labute approximate surface area is 103 Å². The van der Waals surface area contributed by atoms with Gasteiger partial charge in [-0.15, -0.1) is 0 Å². The molecule has 1 aromatic carbocycles. The zero-order chi connectivity index (χ0) is 12.3. The molecular formula is C15H18N2. The predicted molar refractivity (Wildman–Crippen MR) is 75.0 cm³/mol. The van der Waals surface area contributed by atoms with Crippen LogP contribution in [-0.2, 0) is 0 Å². The third-order valence-electron chi connectivity index (χ3n) is 2.76. The monoisotopic (exact) mass is 226 g/mol. The molecule has 0 fully saturated rings. The summed E-state index contributed by atoms with van der Waals surface area (Å²) < 4.78 is 0. The van der Waals surface area contributed by atoms with Crippen LogP contribution < -0.4 is 10.6 Å². The van der Waals surface area contributed by atoms with Crippen molar-refractivity contribution < 1.29 is 0 Å². The molecule has 1 aliphatic rings. The average molecular weight is 226 g/mol. The number of nitrogens with zero attached hydrogens (tertiary/aromatic N) is 1. The van der Waals surface area contributed by atoms with Crippen LogP contribution in [0.3, 0.4) is 0 Å². The third-order valence-corrected chi connectivity index (χ3v) is 2.76. The molecule has 2 rings (SSSR count). The molecule has 0 heterocycles. The Balaban J connectivity index is 2.33. The fraction of sp³-hybridized carbons (Fsp3) is 0.200. The Morgan fingerprint density at radius 1 is 1.12 bits per heavy atom. The lowest BCUT2D eigenvalue weighted by molar-refractivity contribution is 1.02. The van der Waals surface area contributed by atoms with Crippen LogP contribution in [-0.4, -0.2) is 20.1 Å². The largest absolute Gasteiger partial charge is 0.377 e. The molecule has 17 heavy (non-hydrogen) atoms. The van der Waals surface area contributed by atoms with E-state index in [2.05, 4.69) is 61.5 Å². The predicted octanol–water partition coefficient (Wildman–Crippen LogP) is 2.59. The smallest absolute Gasteiger partial charge is 0.0434 e. The normalized spacial score (nSPS) is 18.3. The standard InChI is InChI=1S/C15H18N2/c1-17(2)15-6-4-3-5-13(15)11-12-7-9-14(16)10-8-12/h3-11,14H,16H2,1-2H3. The first-order valence-electron chi connectivity index (χ1n) is 5.77. The van der Waals surface area contributed by atoms with Crippen LogP contribution in [0.1, 0.15) is 5.56 Å². The molecule has 0 bridgehead atoms. The molecule has 0 saturated carbocycles. The fourth-order valence-electron chi connectivity index (χ4n) is 1.86. The quantitative estimate of drug-likeness (QED) is 0.840. The minimum absolute atomic E-state index is 0.0521. The summed E-state index contributed by atoms with van der Waals surface area (Å²) in [6.45, 7) is 0. The second-order valence-electron chi connectivity index (χ2n) is 4.39. The van der Waals surface area contributed by atoms with Gasteiger partial charge in [-0.2, -0.15) is 0 Å². The third kappa shape index (κ3) is 2.86. The summed E-state index contributed by atoms with van der Waals surface area (Å²) in [5, 5.41) is 0. The van der Waals surface area contributed by atoms with Crippen molar-refractivity contribution in [2.75, 3.05) is 19.0 Å². The maximum absolute atomic E-state index is 5.76. The van der Waals surface area contributed by atoms with Crippen molar-refractivity contribution in [2.24, 2.45) is 5.73 Å². The van der Waals surface area contributed by atoms with E-state index in [1.165, 1.54) is 16.8 Å². The number of hydrogen-bond acceptors (Lipinski definition) is 2. The van der Waals surface area contributed by atoms with Crippen molar-refractivity contribution in [1.29, 1.82) is 0 Å². The first-order valence-corrected chi connectivity index (χ1v) is 5.77. The fourth-order valence-corrected chi connectivity index (χ4v) is 1.86. The number of nitrogens with two attached hydrogens (primary N) is 1. The van der Waals surface area contributed by atoms with Crippen molar-refractivity contribution >= 4 is 11.8 Å². The van der Waals surface area contributed by atoms with Crippen molar-refractivity contribution in [2.45, 2.75) is 6.04 Å². The van der Waals surface area contributed by atoms with Gasteiger partial charge in [0.05, 0.1) is 0 Å². The van der Waals surface area contributed by atoms with Gasteiger partial charge in [-0.05, 0) is 23.3 Å². The minimum Gasteiger partial charge on any atom is -0.377 e. The highest BCUT2D eigenvalue weighted by atomic mass is 15.1. The summed E-state index contributed by atoms with van der Waals surface area (Å²) in [5.74, 6) is 0. The highest BCUT2D eigenvalue weighted by Gasteiger charge is 2.03. The van der Waals surface area contributed by atoms with Gasteiger partial charge in [-0.3, -0.25) is 0 Å². The Morgan fingerprint density at radius 2 is 1.76 bits per heavy atom. The molecule has 1 aliphatic carbocycles. The maximum Gasteiger partial charge on any atom is 0.0434 e. The molecule has 2 N–H and O–H groups in total. The van der Waals surface area contributed by atoms with Gasteiger partial charge in [0.25, 0.3) is 0 Å². The van der Waals surface area contributed by atoms with E-state index in [0.717, 1.165) is 0 Å². The summed E-state index contributed by atoms with van der Waals surface area (Å²) >= 11 is 0. The number of benzene rings is 1. The zero-order valence-electron chi connectivity index (χ0n) is 10.3. The second kappa shape index (κ2) is 5.02. The average Bonchev–Trinajstić information content (AvgIpc) is 2.32. The molecule has 0 amide bonds. The Hall–Kier alpha value is -1.80. The van der Waals surface area contributed by atoms with Gasteiger partial charge in [0, 0.05) is 25.8 Å². The molecule has 2 nitrogen and oxygen atoms in total. The molecule has 0 aromatic heterocycles. The highest BCUT2D eigenvalue weighted by molar-refractivity contribution is 5.71. The number of para-hydroxylation sites is 1. The summed E-state index contributed by atoms with van der Waals surface area (Å²) in [6.07, 6.45) is 10.3. The van der Waals surface area contributed by atoms with Gasteiger partial charge in [0.15, 0.2) is 0 Å². The summed E-state index contributed by atoms with van der Waals surface area (Å²) in [5.41, 5.74) is 9.38. The molecule has 0 aliphatic heterocycles. The first kappa shape index (κ1) is 11.7. The molecule has 0 atom stereocenters. The van der Waals surface area contributed by atoms with Gasteiger partial charge in [0.1, 0.15) is 0 Å². The number of rotatable bonds is 2. The topological polar surface area (TPSA) is 29.3 Å². The Morgan fingerprint density at radius 3 is 2.41 bits per heavy atom. The summed E-state index contributed by atoms with van der Waals surface area (Å²) in [7, 11) is 4.11. The molecular weight excluding hydrogens is 208 g/mol. The van der Waals surface area contributed by atoms with E-state index in [1.807, 2.05) is 12.2 Å². The van der Waals surface area contributed by atoms with E-state index in [9.17, 15) is 0 Å². The van der Waals surface area contributed by atoms with Crippen LogP contribution >= 0.6 is 0 Å². The van der Waals surface area contributed by atoms with E-state index >= 15 is 0 Å². The highest BCUT2D eigenvalue weighted by Crippen LogP contribution is 2.22. The minimum atomic E-state index is 0.0521. The number of anilines is 1. The molecule has 0 unspecified atom stereocenters. The van der Waals surface area contributed by atoms with Crippen LogP contribution in [0.15, 0.2) is 54.1 Å². The molecule has 2 heteroatoms. The van der Waals surface area contributed by atoms with Gasteiger partial charge in [-0.25, -0.2) is 0 Å². The lowest BCUT2D eigenvalue weighted by atomic mass is 10.0. The molecule has 0 radical (unpaired) electrons. The number of allylic oxidation sites excluding steroid dienone is 3. The van der Waals surface area contributed by atoms with E-state index < -0.39 is 0 Å². The lowest BCUT2D eigenvalue weighted by Crippen LogP contribution is -2.14. The first-order chi connectivity index (χ1) is 8.16. The molecule has 0 saturated heterocycles. The van der Waals surface area contributed by atoms with Gasteiger partial charge in [-0.1, -0.05) is 42.5 Å². The molecule has 1 aromatic rings. The number of hydrogen-bond donors (Lipinski definition) is 1. The SMILES string of the molecule is CN(C)c1ccccc1C=C1C=CC(N)C=C1. The lowest BCUT2D eigenvalue weighted by Gasteiger charge is -2.16. The van der Waals surface area contributed by atoms with Crippen molar-refractivity contribution in [3.05, 3.63) is 59.7 Å². The van der Waals surface area contributed by atoms with E-state index in [-0.39, 0.29) is 6.04 Å². The van der Waals surface area contributed by atoms with Crippen molar-refractivity contribution in [1.82, 2.24) is 0 Å². The van der Waals surface area contributed by atoms with Crippen LogP contribution in [0.25, 0.3) is 6.08 Å². The van der Waals surface area contributed by atoms with Crippen LogP contribution in [0.2, 0.25) is 0 Å². The molecule has 0 spiro atoms. The summed E-state index contributed by atoms with van der Waals surface area (Å²) in [4.78, 5) is 2.12. The van der Waals surface area contributed by atoms with Crippen molar-refractivity contribution in [3.63, 3.8) is 0 Å². The second-order valence-corrected chi connectivity index (χ2v) is 4.39. The van der Waals surface area contributed by atoms with E-state index in [0.29, 0.717) is 0 Å². The van der Waals surface area contributed by atoms with Gasteiger partial charge >= 0.3 is 0 Å². The zero-order valence-corrected chi connectivity index (χ0v) is 10.3. The Bertz CT molecular complexity index is 465. The molecule has 88 valence electrons. The Kier molecular flexibility index (Phi) is 3.45. The van der Waals surface area contributed by atoms with E-state index in [1.54, 1.807) is 0 Å². The maximum atomic E-state index is 5.76. The summed E-state index contributed by atoms with van der Waals surface area (Å²) in [6, 6.07) is 8.41.